The van der Waals surface area contributed by atoms with Gasteiger partial charge in [0, 0.05) is 5.56 Å². The van der Waals surface area contributed by atoms with Crippen LogP contribution in [0.5, 0.6) is 0 Å². The van der Waals surface area contributed by atoms with Gasteiger partial charge in [-0.05, 0) is 42.2 Å². The first-order chi connectivity index (χ1) is 15.7. The summed E-state index contributed by atoms with van der Waals surface area (Å²) in [4.78, 5) is 31.1. The van der Waals surface area contributed by atoms with Crippen LogP contribution >= 0.6 is 22.9 Å². The van der Waals surface area contributed by atoms with E-state index in [1.165, 1.54) is 29.9 Å². The largest absolute Gasteiger partial charge is 0.466 e. The monoisotopic (exact) mass is 484 g/mol. The topological polar surface area (TPSA) is 60.7 Å². The second kappa shape index (κ2) is 9.08. The van der Waals surface area contributed by atoms with Crippen molar-refractivity contribution in [2.45, 2.75) is 32.7 Å². The van der Waals surface area contributed by atoms with Crippen LogP contribution in [-0.4, -0.2) is 17.6 Å². The smallest absolute Gasteiger partial charge is 0.338 e. The number of nitrogens with zero attached hydrogens (tertiary/aromatic N) is 2. The minimum Gasteiger partial charge on any atom is -0.466 e. The zero-order valence-corrected chi connectivity index (χ0v) is 20.1. The lowest BCUT2D eigenvalue weighted by molar-refractivity contribution is -0.136. The van der Waals surface area contributed by atoms with Crippen molar-refractivity contribution in [2.24, 2.45) is 4.99 Å². The first kappa shape index (κ1) is 23.1. The van der Waals surface area contributed by atoms with Crippen molar-refractivity contribution in [2.75, 3.05) is 7.11 Å². The molecule has 170 valence electrons. The fraction of sp³-hybridized carbons (Fsp3) is 0.240. The van der Waals surface area contributed by atoms with E-state index in [0.29, 0.717) is 16.4 Å². The minimum absolute atomic E-state index is 0.131. The molecule has 1 unspecified atom stereocenters. The number of halogens is 2. The highest BCUT2D eigenvalue weighted by molar-refractivity contribution is 7.07. The van der Waals surface area contributed by atoms with Crippen molar-refractivity contribution >= 4 is 35.0 Å². The van der Waals surface area contributed by atoms with E-state index in [-0.39, 0.29) is 26.3 Å². The third-order valence-electron chi connectivity index (χ3n) is 5.62. The van der Waals surface area contributed by atoms with Crippen LogP contribution in [0.2, 0.25) is 5.02 Å². The molecule has 33 heavy (non-hydrogen) atoms. The molecule has 0 radical (unpaired) electrons. The Bertz CT molecular complexity index is 1430. The standard InChI is InChI=1S/C25H22ClFN2O3S/c1-13(2)15-8-10-16(11-9-15)22-21(24(31)32-4)14(3)28-25-29(22)23(30)20(33-25)12-17-18(26)6-5-7-19(17)27/h5-13,22H,1-4H3. The number of aromatic nitrogens is 1. The Kier molecular flexibility index (Phi) is 6.36. The van der Waals surface area contributed by atoms with Gasteiger partial charge in [0.05, 0.1) is 34.0 Å². The molecule has 8 heteroatoms. The highest BCUT2D eigenvalue weighted by atomic mass is 35.5. The Morgan fingerprint density at radius 2 is 1.94 bits per heavy atom. The number of carbonyl (C=O) groups is 1. The summed E-state index contributed by atoms with van der Waals surface area (Å²) in [7, 11) is 1.30. The molecule has 1 aliphatic rings. The molecule has 1 aliphatic heterocycles. The number of ether oxygens (including phenoxy) is 1. The highest BCUT2D eigenvalue weighted by Crippen LogP contribution is 2.31. The Balaban J connectivity index is 1.98. The van der Waals surface area contributed by atoms with Crippen LogP contribution in [0.15, 0.2) is 63.5 Å². The highest BCUT2D eigenvalue weighted by Gasteiger charge is 2.33. The lowest BCUT2D eigenvalue weighted by Crippen LogP contribution is -2.39. The van der Waals surface area contributed by atoms with Gasteiger partial charge >= 0.3 is 5.97 Å². The van der Waals surface area contributed by atoms with Gasteiger partial charge in [-0.1, -0.05) is 67.1 Å². The maximum Gasteiger partial charge on any atom is 0.338 e. The molecule has 0 amide bonds. The van der Waals surface area contributed by atoms with Gasteiger partial charge < -0.3 is 4.74 Å². The summed E-state index contributed by atoms with van der Waals surface area (Å²) in [5.41, 5.74) is 2.40. The second-order valence-corrected chi connectivity index (χ2v) is 9.45. The average Bonchev–Trinajstić information content (AvgIpc) is 3.09. The van der Waals surface area contributed by atoms with Crippen LogP contribution in [0, 0.1) is 5.82 Å². The summed E-state index contributed by atoms with van der Waals surface area (Å²) in [6.45, 7) is 5.90. The zero-order valence-electron chi connectivity index (χ0n) is 18.6. The molecule has 1 aromatic heterocycles. The number of methoxy groups -OCH3 is 1. The number of thiazole rings is 1. The van der Waals surface area contributed by atoms with Gasteiger partial charge in [-0.2, -0.15) is 0 Å². The van der Waals surface area contributed by atoms with E-state index in [4.69, 9.17) is 16.3 Å². The molecule has 0 N–H and O–H groups in total. The van der Waals surface area contributed by atoms with Crippen molar-refractivity contribution in [3.8, 4) is 0 Å². The van der Waals surface area contributed by atoms with Gasteiger partial charge in [0.25, 0.3) is 5.56 Å². The van der Waals surface area contributed by atoms with Crippen LogP contribution in [0.1, 0.15) is 49.4 Å². The molecular weight excluding hydrogens is 463 g/mol. The van der Waals surface area contributed by atoms with E-state index in [1.807, 2.05) is 24.3 Å². The van der Waals surface area contributed by atoms with E-state index in [0.717, 1.165) is 22.5 Å². The van der Waals surface area contributed by atoms with Crippen LogP contribution in [0.3, 0.4) is 0 Å². The second-order valence-electron chi connectivity index (χ2n) is 8.03. The summed E-state index contributed by atoms with van der Waals surface area (Å²) < 4.78 is 21.1. The number of esters is 1. The molecule has 4 rings (SSSR count). The van der Waals surface area contributed by atoms with Crippen LogP contribution in [-0.2, 0) is 9.53 Å². The number of carbonyl (C=O) groups excluding carboxylic acids is 1. The number of benzene rings is 2. The molecule has 1 atom stereocenters. The molecule has 0 saturated carbocycles. The van der Waals surface area contributed by atoms with E-state index in [2.05, 4.69) is 18.8 Å². The van der Waals surface area contributed by atoms with Gasteiger partial charge in [0.15, 0.2) is 4.80 Å². The molecule has 0 aliphatic carbocycles. The molecule has 0 spiro atoms. The van der Waals surface area contributed by atoms with Gasteiger partial charge in [-0.15, -0.1) is 0 Å². The number of allylic oxidation sites excluding steroid dienone is 1. The summed E-state index contributed by atoms with van der Waals surface area (Å²) >= 11 is 7.28. The van der Waals surface area contributed by atoms with Crippen LogP contribution in [0.25, 0.3) is 6.08 Å². The van der Waals surface area contributed by atoms with Crippen molar-refractivity contribution in [1.82, 2.24) is 4.57 Å². The lowest BCUT2D eigenvalue weighted by Gasteiger charge is -2.24. The molecule has 5 nitrogen and oxygen atoms in total. The van der Waals surface area contributed by atoms with E-state index >= 15 is 0 Å². The molecule has 0 fully saturated rings. The summed E-state index contributed by atoms with van der Waals surface area (Å²) in [6.07, 6.45) is 1.43. The normalized spacial score (nSPS) is 16.1. The first-order valence-electron chi connectivity index (χ1n) is 10.4. The van der Waals surface area contributed by atoms with Crippen molar-refractivity contribution in [3.63, 3.8) is 0 Å². The van der Waals surface area contributed by atoms with Crippen molar-refractivity contribution < 1.29 is 13.9 Å². The quantitative estimate of drug-likeness (QED) is 0.518. The predicted octanol–water partition coefficient (Wildman–Crippen LogP) is 4.32. The minimum atomic E-state index is -0.715. The molecular formula is C25H22ClFN2O3S. The van der Waals surface area contributed by atoms with Gasteiger partial charge in [0.2, 0.25) is 0 Å². The average molecular weight is 485 g/mol. The number of hydrogen-bond acceptors (Lipinski definition) is 5. The molecule has 0 bridgehead atoms. The first-order valence-corrected chi connectivity index (χ1v) is 11.6. The molecule has 2 heterocycles. The molecule has 2 aromatic carbocycles. The summed E-state index contributed by atoms with van der Waals surface area (Å²) in [5, 5.41) is 0.202. The fourth-order valence-corrected chi connectivity index (χ4v) is 5.10. The maximum atomic E-state index is 14.4. The van der Waals surface area contributed by atoms with Gasteiger partial charge in [-0.25, -0.2) is 14.2 Å². The maximum absolute atomic E-state index is 14.4. The Morgan fingerprint density at radius 3 is 2.55 bits per heavy atom. The third kappa shape index (κ3) is 4.18. The SMILES string of the molecule is COC(=O)C1=C(C)N=c2sc(=Cc3c(F)cccc3Cl)c(=O)n2C1c1ccc(C(C)C)cc1. The Labute approximate surface area is 199 Å². The fourth-order valence-electron chi connectivity index (χ4n) is 3.85. The number of fused-ring (bicyclic) bond motifs is 1. The molecule has 0 saturated heterocycles. The number of hydrogen-bond donors (Lipinski definition) is 0. The molecule has 3 aromatic rings. The Hall–Kier alpha value is -3.03. The number of rotatable bonds is 4. The zero-order chi connectivity index (χ0) is 23.9. The van der Waals surface area contributed by atoms with Crippen LogP contribution in [0.4, 0.5) is 4.39 Å². The lowest BCUT2D eigenvalue weighted by atomic mass is 9.93. The van der Waals surface area contributed by atoms with E-state index in [9.17, 15) is 14.0 Å². The third-order valence-corrected chi connectivity index (χ3v) is 6.93. The van der Waals surface area contributed by atoms with Crippen molar-refractivity contribution in [1.29, 1.82) is 0 Å². The predicted molar refractivity (Wildman–Crippen MR) is 128 cm³/mol. The van der Waals surface area contributed by atoms with E-state index in [1.54, 1.807) is 13.0 Å². The van der Waals surface area contributed by atoms with Crippen molar-refractivity contribution in [3.05, 3.63) is 101 Å². The summed E-state index contributed by atoms with van der Waals surface area (Å²) in [6, 6.07) is 11.4. The van der Waals surface area contributed by atoms with Crippen LogP contribution < -0.4 is 14.9 Å². The summed E-state index contributed by atoms with van der Waals surface area (Å²) in [5.74, 6) is -0.745. The van der Waals surface area contributed by atoms with Gasteiger partial charge in [0.1, 0.15) is 5.82 Å². The van der Waals surface area contributed by atoms with E-state index < -0.39 is 17.8 Å². The Morgan fingerprint density at radius 1 is 1.24 bits per heavy atom. The van der Waals surface area contributed by atoms with Gasteiger partial charge in [-0.3, -0.25) is 9.36 Å².